The van der Waals surface area contributed by atoms with E-state index in [2.05, 4.69) is 5.32 Å². The van der Waals surface area contributed by atoms with Gasteiger partial charge in [-0.1, -0.05) is 59.6 Å². The molecule has 0 unspecified atom stereocenters. The van der Waals surface area contributed by atoms with Crippen molar-refractivity contribution in [2.24, 2.45) is 0 Å². The molecule has 298 valence electrons. The van der Waals surface area contributed by atoms with Gasteiger partial charge in [-0.15, -0.1) is 0 Å². The Kier molecular flexibility index (Phi) is 14.4. The van der Waals surface area contributed by atoms with E-state index in [0.717, 1.165) is 55.2 Å². The summed E-state index contributed by atoms with van der Waals surface area (Å²) in [5.41, 5.74) is 7.13. The Labute approximate surface area is 339 Å². The van der Waals surface area contributed by atoms with Gasteiger partial charge in [0.05, 0.1) is 42.7 Å². The number of ether oxygens (including phenoxy) is 4. The van der Waals surface area contributed by atoms with Gasteiger partial charge in [0, 0.05) is 40.3 Å². The molecule has 1 N–H and O–H groups in total. The minimum atomic E-state index is -0.635. The molecule has 5 aromatic rings. The van der Waals surface area contributed by atoms with Crippen LogP contribution < -0.4 is 10.1 Å². The van der Waals surface area contributed by atoms with Crippen LogP contribution in [0, 0.1) is 27.7 Å². The third-order valence-electron chi connectivity index (χ3n) is 9.10. The summed E-state index contributed by atoms with van der Waals surface area (Å²) in [6.07, 6.45) is 1.09. The minimum Gasteiger partial charge on any atom is -0.494 e. The molecule has 5 rings (SSSR count). The van der Waals surface area contributed by atoms with E-state index in [1.54, 1.807) is 6.92 Å². The van der Waals surface area contributed by atoms with E-state index in [0.29, 0.717) is 73.4 Å². The molecule has 0 bridgehead atoms. The van der Waals surface area contributed by atoms with Gasteiger partial charge in [-0.25, -0.2) is 19.6 Å². The quantitative estimate of drug-likeness (QED) is 0.0775. The number of aromatic nitrogens is 3. The molecule has 3 aromatic carbocycles. The van der Waals surface area contributed by atoms with Crippen molar-refractivity contribution in [2.45, 2.75) is 100 Å². The molecule has 2 heterocycles. The average Bonchev–Trinajstić information content (AvgIpc) is 3.44. The molecule has 56 heavy (non-hydrogen) atoms. The largest absolute Gasteiger partial charge is 0.494 e. The van der Waals surface area contributed by atoms with Crippen molar-refractivity contribution in [1.82, 2.24) is 19.9 Å². The first-order valence-corrected chi connectivity index (χ1v) is 19.8. The SMILES string of the molecule is CCOC(=O)c1c(CCCOc2cc(C)c(Cl)c(C)c2)c2ccc(Cl)c(-c3c(C)nc(C)nc3COCc3ccccc3)c2n1CCCNC(=O)OC(C)(C)C. The van der Waals surface area contributed by atoms with E-state index in [-0.39, 0.29) is 13.2 Å². The maximum atomic E-state index is 14.0. The number of hydrogen-bond acceptors (Lipinski definition) is 8. The molecular weight excluding hydrogens is 751 g/mol. The number of aryl methyl sites for hydroxylation is 6. The maximum Gasteiger partial charge on any atom is 0.407 e. The molecule has 10 nitrogen and oxygen atoms in total. The van der Waals surface area contributed by atoms with Crippen molar-refractivity contribution in [3.8, 4) is 16.9 Å². The number of nitrogens with zero attached hydrogens (tertiary/aromatic N) is 3. The van der Waals surface area contributed by atoms with E-state index in [9.17, 15) is 9.59 Å². The summed E-state index contributed by atoms with van der Waals surface area (Å²) in [6, 6.07) is 17.6. The van der Waals surface area contributed by atoms with Crippen molar-refractivity contribution >= 4 is 46.2 Å². The lowest BCUT2D eigenvalue weighted by Crippen LogP contribution is -2.33. The fraction of sp³-hybridized carbons (Fsp3) is 0.409. The first kappa shape index (κ1) is 42.5. The number of fused-ring (bicyclic) bond motifs is 1. The molecule has 12 heteroatoms. The van der Waals surface area contributed by atoms with E-state index in [4.69, 9.17) is 52.1 Å². The lowest BCUT2D eigenvalue weighted by molar-refractivity contribution is 0.0502. The second kappa shape index (κ2) is 19.0. The Morgan fingerprint density at radius 3 is 2.29 bits per heavy atom. The molecular formula is C44H52Cl2N4O6. The molecule has 0 saturated carbocycles. The van der Waals surface area contributed by atoms with Crippen molar-refractivity contribution in [2.75, 3.05) is 19.8 Å². The van der Waals surface area contributed by atoms with Crippen molar-refractivity contribution < 1.29 is 28.5 Å². The predicted molar refractivity (Wildman–Crippen MR) is 222 cm³/mol. The summed E-state index contributed by atoms with van der Waals surface area (Å²) in [7, 11) is 0. The minimum absolute atomic E-state index is 0.194. The number of amides is 1. The molecule has 0 saturated heterocycles. The summed E-state index contributed by atoms with van der Waals surface area (Å²) in [5, 5.41) is 4.89. The van der Waals surface area contributed by atoms with Crippen LogP contribution in [0.4, 0.5) is 4.79 Å². The summed E-state index contributed by atoms with van der Waals surface area (Å²) in [4.78, 5) is 36.2. The van der Waals surface area contributed by atoms with Gasteiger partial charge in [0.1, 0.15) is 22.9 Å². The predicted octanol–water partition coefficient (Wildman–Crippen LogP) is 10.5. The highest BCUT2D eigenvalue weighted by Gasteiger charge is 2.29. The molecule has 0 aliphatic heterocycles. The highest BCUT2D eigenvalue weighted by atomic mass is 35.5. The average molecular weight is 804 g/mol. The standard InChI is InChI=1S/C44H52Cl2N4O6/c1-9-54-42(51)41-33(17-13-22-55-32-23-27(2)39(46)28(3)24-32)34-18-19-35(45)38(40(34)50(41)21-14-20-47-43(52)56-44(6,7)8)37-29(4)48-30(5)49-36(37)26-53-25-31-15-11-10-12-16-31/h10-12,15-16,18-19,23-24H,9,13-14,17,20-22,25-26H2,1-8H3,(H,47,52). The van der Waals surface area contributed by atoms with Gasteiger partial charge in [-0.2, -0.15) is 0 Å². The van der Waals surface area contributed by atoms with Crippen LogP contribution >= 0.6 is 23.2 Å². The zero-order valence-electron chi connectivity index (χ0n) is 33.6. The fourth-order valence-corrected chi connectivity index (χ4v) is 7.22. The monoisotopic (exact) mass is 802 g/mol. The van der Waals surface area contributed by atoms with Gasteiger partial charge in [0.25, 0.3) is 0 Å². The molecule has 0 radical (unpaired) electrons. The molecule has 0 aliphatic rings. The van der Waals surface area contributed by atoms with E-state index < -0.39 is 17.7 Å². The molecule has 1 amide bonds. The third kappa shape index (κ3) is 10.6. The number of benzene rings is 3. The summed E-state index contributed by atoms with van der Waals surface area (Å²) < 4.78 is 25.6. The third-order valence-corrected chi connectivity index (χ3v) is 10.0. The highest BCUT2D eigenvalue weighted by Crippen LogP contribution is 2.42. The number of halogens is 2. The van der Waals surface area contributed by atoms with Crippen molar-refractivity contribution in [3.05, 3.63) is 110 Å². The van der Waals surface area contributed by atoms with Crippen LogP contribution in [-0.4, -0.2) is 52.0 Å². The van der Waals surface area contributed by atoms with Crippen LogP contribution in [0.2, 0.25) is 10.0 Å². The zero-order chi connectivity index (χ0) is 40.6. The van der Waals surface area contributed by atoms with Crippen LogP contribution in [0.25, 0.3) is 22.0 Å². The summed E-state index contributed by atoms with van der Waals surface area (Å²) >= 11 is 13.6. The van der Waals surface area contributed by atoms with Crippen LogP contribution in [0.15, 0.2) is 54.6 Å². The number of hydrogen-bond donors (Lipinski definition) is 1. The van der Waals surface area contributed by atoms with E-state index >= 15 is 0 Å². The zero-order valence-corrected chi connectivity index (χ0v) is 35.1. The van der Waals surface area contributed by atoms with Gasteiger partial charge in [0.2, 0.25) is 0 Å². The Morgan fingerprint density at radius 1 is 0.893 bits per heavy atom. The lowest BCUT2D eigenvalue weighted by atomic mass is 9.97. The Bertz CT molecular complexity index is 2160. The lowest BCUT2D eigenvalue weighted by Gasteiger charge is -2.20. The number of alkyl carbamates (subject to hydrolysis) is 1. The number of carbonyl (C=O) groups excluding carboxylic acids is 2. The van der Waals surface area contributed by atoms with Gasteiger partial charge >= 0.3 is 12.1 Å². The maximum absolute atomic E-state index is 14.0. The Hall–Kier alpha value is -4.64. The van der Waals surface area contributed by atoms with Crippen molar-refractivity contribution in [1.29, 1.82) is 0 Å². The summed E-state index contributed by atoms with van der Waals surface area (Å²) in [6.45, 7) is 16.8. The van der Waals surface area contributed by atoms with Gasteiger partial charge in [0.15, 0.2) is 0 Å². The topological polar surface area (TPSA) is 114 Å². The van der Waals surface area contributed by atoms with Crippen LogP contribution in [0.1, 0.15) is 90.5 Å². The normalized spacial score (nSPS) is 11.5. The molecule has 0 aliphatic carbocycles. The first-order chi connectivity index (χ1) is 26.7. The van der Waals surface area contributed by atoms with Crippen LogP contribution in [0.5, 0.6) is 5.75 Å². The smallest absolute Gasteiger partial charge is 0.407 e. The Morgan fingerprint density at radius 2 is 1.61 bits per heavy atom. The van der Waals surface area contributed by atoms with Crippen LogP contribution in [0.3, 0.4) is 0 Å². The second-order valence-electron chi connectivity index (χ2n) is 14.8. The summed E-state index contributed by atoms with van der Waals surface area (Å²) in [5.74, 6) is 0.894. The van der Waals surface area contributed by atoms with Gasteiger partial charge < -0.3 is 28.8 Å². The van der Waals surface area contributed by atoms with E-state index in [1.807, 2.05) is 108 Å². The molecule has 2 aromatic heterocycles. The van der Waals surface area contributed by atoms with Crippen molar-refractivity contribution in [3.63, 3.8) is 0 Å². The molecule has 0 atom stereocenters. The Balaban J connectivity index is 1.59. The van der Waals surface area contributed by atoms with Crippen LogP contribution in [-0.2, 0) is 40.4 Å². The number of nitrogens with one attached hydrogen (secondary N) is 1. The van der Waals surface area contributed by atoms with Gasteiger partial charge in [-0.05, 0) is 115 Å². The first-order valence-electron chi connectivity index (χ1n) is 19.0. The highest BCUT2D eigenvalue weighted by molar-refractivity contribution is 6.35. The number of esters is 1. The second-order valence-corrected chi connectivity index (χ2v) is 15.6. The van der Waals surface area contributed by atoms with E-state index in [1.165, 1.54) is 0 Å². The number of carbonyl (C=O) groups is 2. The van der Waals surface area contributed by atoms with Gasteiger partial charge in [-0.3, -0.25) is 0 Å². The number of rotatable bonds is 16. The molecule has 0 fully saturated rings. The fourth-order valence-electron chi connectivity index (χ4n) is 6.86. The molecule has 0 spiro atoms.